The van der Waals surface area contributed by atoms with Crippen molar-refractivity contribution >= 4 is 17.0 Å². The first-order valence-corrected chi connectivity index (χ1v) is 7.48. The Kier molecular flexibility index (Phi) is 3.40. The van der Waals surface area contributed by atoms with Crippen LogP contribution < -0.4 is 0 Å². The summed E-state index contributed by atoms with van der Waals surface area (Å²) < 4.78 is 5.44. The maximum atomic E-state index is 12.1. The van der Waals surface area contributed by atoms with Gasteiger partial charge in [-0.2, -0.15) is 0 Å². The van der Waals surface area contributed by atoms with Crippen LogP contribution in [0.2, 0.25) is 0 Å². The number of aromatic nitrogens is 1. The lowest BCUT2D eigenvalue weighted by Gasteiger charge is -2.24. The van der Waals surface area contributed by atoms with Crippen molar-refractivity contribution in [3.05, 3.63) is 36.0 Å². The highest BCUT2D eigenvalue weighted by molar-refractivity contribution is 5.80. The Balaban J connectivity index is 1.70. The smallest absolute Gasteiger partial charge is 0.410 e. The van der Waals surface area contributed by atoms with Crippen molar-refractivity contribution in [3.63, 3.8) is 0 Å². The van der Waals surface area contributed by atoms with Crippen molar-refractivity contribution < 1.29 is 9.53 Å². The number of aromatic amines is 1. The van der Waals surface area contributed by atoms with Crippen LogP contribution in [0.15, 0.2) is 30.3 Å². The largest absolute Gasteiger partial charge is 0.444 e. The second-order valence-corrected chi connectivity index (χ2v) is 6.72. The molecule has 1 atom stereocenters. The molecule has 1 fully saturated rings. The van der Waals surface area contributed by atoms with Gasteiger partial charge >= 0.3 is 6.09 Å². The van der Waals surface area contributed by atoms with Crippen LogP contribution in [0.4, 0.5) is 4.79 Å². The minimum absolute atomic E-state index is 0.207. The van der Waals surface area contributed by atoms with E-state index in [2.05, 4.69) is 23.2 Å². The highest BCUT2D eigenvalue weighted by Crippen LogP contribution is 2.29. The molecule has 0 bridgehead atoms. The number of para-hydroxylation sites is 1. The van der Waals surface area contributed by atoms with E-state index in [1.165, 1.54) is 11.1 Å². The predicted molar refractivity (Wildman–Crippen MR) is 83.5 cm³/mol. The molecule has 2 heterocycles. The van der Waals surface area contributed by atoms with E-state index in [0.29, 0.717) is 5.92 Å². The molecule has 1 aromatic carbocycles. The Bertz CT molecular complexity index is 621. The fraction of sp³-hybridized carbons (Fsp3) is 0.471. The highest BCUT2D eigenvalue weighted by Gasteiger charge is 2.31. The molecule has 21 heavy (non-hydrogen) atoms. The third kappa shape index (κ3) is 3.04. The second-order valence-electron chi connectivity index (χ2n) is 6.72. The van der Waals surface area contributed by atoms with Crippen molar-refractivity contribution in [1.82, 2.24) is 9.88 Å². The molecule has 0 saturated carbocycles. The van der Waals surface area contributed by atoms with Crippen molar-refractivity contribution in [2.45, 2.75) is 38.7 Å². The second kappa shape index (κ2) is 5.10. The van der Waals surface area contributed by atoms with Crippen LogP contribution in [-0.4, -0.2) is 34.7 Å². The normalized spacial score (nSPS) is 19.2. The van der Waals surface area contributed by atoms with Crippen LogP contribution in [0.1, 0.15) is 38.8 Å². The van der Waals surface area contributed by atoms with Gasteiger partial charge in [-0.25, -0.2) is 4.79 Å². The van der Waals surface area contributed by atoms with E-state index >= 15 is 0 Å². The molecule has 1 aliphatic heterocycles. The molecular weight excluding hydrogens is 264 g/mol. The number of carbonyl (C=O) groups excluding carboxylic acids is 1. The van der Waals surface area contributed by atoms with Gasteiger partial charge in [0.25, 0.3) is 0 Å². The van der Waals surface area contributed by atoms with E-state index in [9.17, 15) is 4.79 Å². The summed E-state index contributed by atoms with van der Waals surface area (Å²) in [5, 5.41) is 1.23. The van der Waals surface area contributed by atoms with Crippen LogP contribution in [-0.2, 0) is 4.74 Å². The fourth-order valence-corrected chi connectivity index (χ4v) is 2.82. The Hall–Kier alpha value is -1.97. The molecule has 1 saturated heterocycles. The van der Waals surface area contributed by atoms with Crippen LogP contribution in [0.25, 0.3) is 10.9 Å². The van der Waals surface area contributed by atoms with Crippen LogP contribution >= 0.6 is 0 Å². The minimum Gasteiger partial charge on any atom is -0.444 e. The first-order chi connectivity index (χ1) is 9.92. The Morgan fingerprint density at radius 3 is 2.81 bits per heavy atom. The number of fused-ring (bicyclic) bond motifs is 1. The maximum Gasteiger partial charge on any atom is 0.410 e. The van der Waals surface area contributed by atoms with Gasteiger partial charge in [-0.3, -0.25) is 0 Å². The maximum absolute atomic E-state index is 12.1. The molecule has 2 aromatic rings. The number of benzene rings is 1. The van der Waals surface area contributed by atoms with E-state index < -0.39 is 5.60 Å². The average molecular weight is 286 g/mol. The summed E-state index contributed by atoms with van der Waals surface area (Å²) in [7, 11) is 0. The van der Waals surface area contributed by atoms with Gasteiger partial charge in [0.2, 0.25) is 0 Å². The molecule has 1 unspecified atom stereocenters. The summed E-state index contributed by atoms with van der Waals surface area (Å²) in [6.07, 6.45) is 0.771. The standard InChI is InChI=1S/C17H22N2O2/c1-17(2,3)21-16(20)19-9-8-13(11-19)15-10-12-6-4-5-7-14(12)18-15/h4-7,10,13,18H,8-9,11H2,1-3H3. The lowest BCUT2D eigenvalue weighted by molar-refractivity contribution is 0.0292. The molecule has 3 rings (SSSR count). The van der Waals surface area contributed by atoms with E-state index in [4.69, 9.17) is 4.74 Å². The number of H-pyrrole nitrogens is 1. The number of amides is 1. The lowest BCUT2D eigenvalue weighted by Crippen LogP contribution is -2.35. The third-order valence-electron chi connectivity index (χ3n) is 3.83. The number of likely N-dealkylation sites (tertiary alicyclic amines) is 1. The summed E-state index contributed by atoms with van der Waals surface area (Å²) in [6.45, 7) is 7.18. The van der Waals surface area contributed by atoms with Gasteiger partial charge in [-0.15, -0.1) is 0 Å². The van der Waals surface area contributed by atoms with Gasteiger partial charge in [0.05, 0.1) is 0 Å². The van der Waals surface area contributed by atoms with Crippen molar-refractivity contribution in [2.24, 2.45) is 0 Å². The summed E-state index contributed by atoms with van der Waals surface area (Å²) >= 11 is 0. The quantitative estimate of drug-likeness (QED) is 0.864. The van der Waals surface area contributed by atoms with Gasteiger partial charge in [0, 0.05) is 30.2 Å². The van der Waals surface area contributed by atoms with Gasteiger partial charge in [-0.05, 0) is 44.7 Å². The van der Waals surface area contributed by atoms with E-state index in [0.717, 1.165) is 25.0 Å². The Morgan fingerprint density at radius 2 is 2.10 bits per heavy atom. The first kappa shape index (κ1) is 14.0. The number of carbonyl (C=O) groups is 1. The van der Waals surface area contributed by atoms with Crippen molar-refractivity contribution in [1.29, 1.82) is 0 Å². The molecule has 1 N–H and O–H groups in total. The number of hydrogen-bond acceptors (Lipinski definition) is 2. The number of hydrogen-bond donors (Lipinski definition) is 1. The van der Waals surface area contributed by atoms with Crippen molar-refractivity contribution in [3.8, 4) is 0 Å². The number of nitrogens with zero attached hydrogens (tertiary/aromatic N) is 1. The van der Waals surface area contributed by atoms with Crippen molar-refractivity contribution in [2.75, 3.05) is 13.1 Å². The Morgan fingerprint density at radius 1 is 1.33 bits per heavy atom. The lowest BCUT2D eigenvalue weighted by atomic mass is 10.1. The number of nitrogens with one attached hydrogen (secondary N) is 1. The minimum atomic E-state index is -0.434. The monoisotopic (exact) mass is 286 g/mol. The van der Waals surface area contributed by atoms with Crippen LogP contribution in [0.5, 0.6) is 0 Å². The fourth-order valence-electron chi connectivity index (χ4n) is 2.82. The molecule has 0 radical (unpaired) electrons. The van der Waals surface area contributed by atoms with E-state index in [1.54, 1.807) is 4.90 Å². The molecule has 1 aliphatic rings. The molecule has 0 spiro atoms. The zero-order valence-electron chi connectivity index (χ0n) is 12.8. The van der Waals surface area contributed by atoms with Gasteiger partial charge in [0.15, 0.2) is 0 Å². The topological polar surface area (TPSA) is 45.3 Å². The van der Waals surface area contributed by atoms with Crippen LogP contribution in [0, 0.1) is 0 Å². The van der Waals surface area contributed by atoms with Gasteiger partial charge in [0.1, 0.15) is 5.60 Å². The van der Waals surface area contributed by atoms with E-state index in [1.807, 2.05) is 32.9 Å². The summed E-state index contributed by atoms with van der Waals surface area (Å²) in [5.41, 5.74) is 1.93. The van der Waals surface area contributed by atoms with E-state index in [-0.39, 0.29) is 6.09 Å². The first-order valence-electron chi connectivity index (χ1n) is 7.48. The number of ether oxygens (including phenoxy) is 1. The summed E-state index contributed by atoms with van der Waals surface area (Å²) in [4.78, 5) is 17.4. The highest BCUT2D eigenvalue weighted by atomic mass is 16.6. The third-order valence-corrected chi connectivity index (χ3v) is 3.83. The predicted octanol–water partition coefficient (Wildman–Crippen LogP) is 3.89. The van der Waals surface area contributed by atoms with Gasteiger partial charge < -0.3 is 14.6 Å². The number of rotatable bonds is 1. The molecule has 0 aliphatic carbocycles. The summed E-state index contributed by atoms with van der Waals surface area (Å²) in [5.74, 6) is 0.366. The van der Waals surface area contributed by atoms with Crippen LogP contribution in [0.3, 0.4) is 0 Å². The molecule has 1 amide bonds. The molecule has 1 aromatic heterocycles. The zero-order chi connectivity index (χ0) is 15.0. The molecule has 4 heteroatoms. The molecular formula is C17H22N2O2. The zero-order valence-corrected chi connectivity index (χ0v) is 12.8. The molecule has 4 nitrogen and oxygen atoms in total. The van der Waals surface area contributed by atoms with Gasteiger partial charge in [-0.1, -0.05) is 18.2 Å². The molecule has 112 valence electrons. The SMILES string of the molecule is CC(C)(C)OC(=O)N1CCC(c2cc3ccccc3[nH]2)C1. The average Bonchev–Trinajstić information content (AvgIpc) is 3.03. The summed E-state index contributed by atoms with van der Waals surface area (Å²) in [6, 6.07) is 10.5. The Labute approximate surface area is 125 Å².